The van der Waals surface area contributed by atoms with Crippen molar-refractivity contribution in [1.82, 2.24) is 14.6 Å². The van der Waals surface area contributed by atoms with Crippen LogP contribution in [0.2, 0.25) is 0 Å². The fraction of sp³-hybridized carbons (Fsp3) is 0.0769. The zero-order chi connectivity index (χ0) is 12.5. The Kier molecular flexibility index (Phi) is 2.46. The van der Waals surface area contributed by atoms with Gasteiger partial charge in [0.1, 0.15) is 0 Å². The standard InChI is InChI=1S/C13H13N5/c14-8-9-3-5-10(6-4-9)11-2-1-7-18-12(11)16-13(15)17-18/h1-7H,8,14H2,(H2,15,17). The van der Waals surface area contributed by atoms with Crippen molar-refractivity contribution < 1.29 is 0 Å². The van der Waals surface area contributed by atoms with Gasteiger partial charge in [0, 0.05) is 18.3 Å². The van der Waals surface area contributed by atoms with E-state index in [2.05, 4.69) is 10.1 Å². The third-order valence-electron chi connectivity index (χ3n) is 2.88. The number of aromatic nitrogens is 3. The van der Waals surface area contributed by atoms with Crippen LogP contribution < -0.4 is 11.5 Å². The van der Waals surface area contributed by atoms with Crippen LogP contribution in [0, 0.1) is 0 Å². The molecule has 18 heavy (non-hydrogen) atoms. The minimum atomic E-state index is 0.279. The summed E-state index contributed by atoms with van der Waals surface area (Å²) in [6.45, 7) is 0.544. The summed E-state index contributed by atoms with van der Waals surface area (Å²) in [5.74, 6) is 0.279. The van der Waals surface area contributed by atoms with Crippen molar-refractivity contribution in [1.29, 1.82) is 0 Å². The molecule has 0 bridgehead atoms. The van der Waals surface area contributed by atoms with Crippen LogP contribution in [0.4, 0.5) is 5.95 Å². The van der Waals surface area contributed by atoms with Crippen LogP contribution in [-0.4, -0.2) is 14.6 Å². The number of nitrogens with zero attached hydrogens (tertiary/aromatic N) is 3. The molecular formula is C13H13N5. The smallest absolute Gasteiger partial charge is 0.240 e. The molecule has 0 fully saturated rings. The number of pyridine rings is 1. The fourth-order valence-electron chi connectivity index (χ4n) is 1.97. The Labute approximate surface area is 104 Å². The molecule has 0 spiro atoms. The second kappa shape index (κ2) is 4.12. The van der Waals surface area contributed by atoms with E-state index in [1.807, 2.05) is 42.6 Å². The number of hydrogen-bond acceptors (Lipinski definition) is 4. The van der Waals surface area contributed by atoms with Crippen molar-refractivity contribution in [2.24, 2.45) is 5.73 Å². The van der Waals surface area contributed by atoms with E-state index in [0.717, 1.165) is 22.3 Å². The topological polar surface area (TPSA) is 82.2 Å². The second-order valence-corrected chi connectivity index (χ2v) is 4.06. The van der Waals surface area contributed by atoms with Gasteiger partial charge < -0.3 is 11.5 Å². The van der Waals surface area contributed by atoms with E-state index in [1.54, 1.807) is 4.52 Å². The van der Waals surface area contributed by atoms with Gasteiger partial charge >= 0.3 is 0 Å². The number of benzene rings is 1. The predicted molar refractivity (Wildman–Crippen MR) is 70.7 cm³/mol. The average molecular weight is 239 g/mol. The van der Waals surface area contributed by atoms with Crippen LogP contribution >= 0.6 is 0 Å². The molecule has 5 heteroatoms. The summed E-state index contributed by atoms with van der Waals surface area (Å²) >= 11 is 0. The molecule has 0 saturated carbocycles. The number of nitrogens with two attached hydrogens (primary N) is 2. The molecule has 90 valence electrons. The molecular weight excluding hydrogens is 226 g/mol. The Bertz CT molecular complexity index is 684. The number of nitrogen functional groups attached to an aromatic ring is 1. The Balaban J connectivity index is 2.17. The molecule has 2 heterocycles. The van der Waals surface area contributed by atoms with Gasteiger partial charge in [0.2, 0.25) is 5.95 Å². The monoisotopic (exact) mass is 239 g/mol. The Morgan fingerprint density at radius 1 is 1.11 bits per heavy atom. The molecule has 4 N–H and O–H groups in total. The lowest BCUT2D eigenvalue weighted by molar-refractivity contribution is 0.969. The zero-order valence-corrected chi connectivity index (χ0v) is 9.74. The van der Waals surface area contributed by atoms with E-state index >= 15 is 0 Å². The molecule has 0 aliphatic heterocycles. The summed E-state index contributed by atoms with van der Waals surface area (Å²) in [5, 5.41) is 4.10. The highest BCUT2D eigenvalue weighted by atomic mass is 15.3. The molecule has 2 aromatic heterocycles. The molecule has 0 saturated heterocycles. The Morgan fingerprint density at radius 3 is 2.61 bits per heavy atom. The first-order valence-corrected chi connectivity index (χ1v) is 5.68. The van der Waals surface area contributed by atoms with Gasteiger partial charge in [-0.05, 0) is 23.3 Å². The minimum absolute atomic E-state index is 0.279. The van der Waals surface area contributed by atoms with Crippen molar-refractivity contribution in [3.63, 3.8) is 0 Å². The molecule has 5 nitrogen and oxygen atoms in total. The Hall–Kier alpha value is -2.40. The van der Waals surface area contributed by atoms with Crippen molar-refractivity contribution in [3.05, 3.63) is 48.2 Å². The number of rotatable bonds is 2. The van der Waals surface area contributed by atoms with Crippen LogP contribution in [0.1, 0.15) is 5.56 Å². The minimum Gasteiger partial charge on any atom is -0.366 e. The summed E-state index contributed by atoms with van der Waals surface area (Å²) in [6.07, 6.45) is 1.83. The lowest BCUT2D eigenvalue weighted by Gasteiger charge is -2.04. The third kappa shape index (κ3) is 1.70. The normalized spacial score (nSPS) is 10.9. The van der Waals surface area contributed by atoms with E-state index < -0.39 is 0 Å². The van der Waals surface area contributed by atoms with Crippen LogP contribution in [0.25, 0.3) is 16.8 Å². The molecule has 0 atom stereocenters. The van der Waals surface area contributed by atoms with E-state index in [0.29, 0.717) is 6.54 Å². The number of fused-ring (bicyclic) bond motifs is 1. The Morgan fingerprint density at radius 2 is 1.89 bits per heavy atom. The van der Waals surface area contributed by atoms with E-state index in [9.17, 15) is 0 Å². The largest absolute Gasteiger partial charge is 0.366 e. The molecule has 1 aromatic carbocycles. The summed E-state index contributed by atoms with van der Waals surface area (Å²) in [4.78, 5) is 4.24. The highest BCUT2D eigenvalue weighted by Crippen LogP contribution is 2.23. The van der Waals surface area contributed by atoms with Crippen LogP contribution in [0.3, 0.4) is 0 Å². The van der Waals surface area contributed by atoms with Gasteiger partial charge in [-0.3, -0.25) is 0 Å². The fourth-order valence-corrected chi connectivity index (χ4v) is 1.97. The molecule has 0 aliphatic carbocycles. The molecule has 3 aromatic rings. The summed E-state index contributed by atoms with van der Waals surface area (Å²) in [5.41, 5.74) is 15.2. The lowest BCUT2D eigenvalue weighted by atomic mass is 10.1. The molecule has 0 radical (unpaired) electrons. The van der Waals surface area contributed by atoms with Crippen molar-refractivity contribution in [3.8, 4) is 11.1 Å². The summed E-state index contributed by atoms with van der Waals surface area (Å²) in [7, 11) is 0. The van der Waals surface area contributed by atoms with Gasteiger partial charge in [0.25, 0.3) is 0 Å². The first-order valence-electron chi connectivity index (χ1n) is 5.68. The molecule has 0 amide bonds. The van der Waals surface area contributed by atoms with Crippen molar-refractivity contribution in [2.45, 2.75) is 6.54 Å². The maximum atomic E-state index is 5.62. The van der Waals surface area contributed by atoms with Gasteiger partial charge in [-0.1, -0.05) is 24.3 Å². The highest BCUT2D eigenvalue weighted by molar-refractivity contribution is 5.77. The quantitative estimate of drug-likeness (QED) is 0.708. The first kappa shape index (κ1) is 10.7. The van der Waals surface area contributed by atoms with Crippen LogP contribution in [-0.2, 0) is 6.54 Å². The van der Waals surface area contributed by atoms with Gasteiger partial charge in [-0.25, -0.2) is 4.52 Å². The molecule has 0 unspecified atom stereocenters. The molecule has 0 aliphatic rings. The van der Waals surface area contributed by atoms with Gasteiger partial charge in [0.15, 0.2) is 5.65 Å². The molecule has 3 rings (SSSR count). The van der Waals surface area contributed by atoms with Crippen LogP contribution in [0.5, 0.6) is 0 Å². The van der Waals surface area contributed by atoms with Gasteiger partial charge in [0.05, 0.1) is 0 Å². The van der Waals surface area contributed by atoms with E-state index in [4.69, 9.17) is 11.5 Å². The number of anilines is 1. The van der Waals surface area contributed by atoms with Crippen molar-refractivity contribution in [2.75, 3.05) is 5.73 Å². The lowest BCUT2D eigenvalue weighted by Crippen LogP contribution is -1.95. The first-order chi connectivity index (χ1) is 8.78. The summed E-state index contributed by atoms with van der Waals surface area (Å²) < 4.78 is 1.68. The predicted octanol–water partition coefficient (Wildman–Crippen LogP) is 1.44. The van der Waals surface area contributed by atoms with E-state index in [1.165, 1.54) is 0 Å². The van der Waals surface area contributed by atoms with Crippen molar-refractivity contribution >= 4 is 11.6 Å². The zero-order valence-electron chi connectivity index (χ0n) is 9.74. The second-order valence-electron chi connectivity index (χ2n) is 4.06. The third-order valence-corrected chi connectivity index (χ3v) is 2.88. The van der Waals surface area contributed by atoms with Gasteiger partial charge in [-0.15, -0.1) is 5.10 Å². The number of hydrogen-bond donors (Lipinski definition) is 2. The summed E-state index contributed by atoms with van der Waals surface area (Å²) in [6, 6.07) is 12.0. The van der Waals surface area contributed by atoms with Crippen LogP contribution in [0.15, 0.2) is 42.6 Å². The maximum Gasteiger partial charge on any atom is 0.240 e. The van der Waals surface area contributed by atoms with E-state index in [-0.39, 0.29) is 5.95 Å². The average Bonchev–Trinajstić information content (AvgIpc) is 2.79. The highest BCUT2D eigenvalue weighted by Gasteiger charge is 2.07. The SMILES string of the molecule is NCc1ccc(-c2cccn3nc(N)nc23)cc1. The maximum absolute atomic E-state index is 5.62. The van der Waals surface area contributed by atoms with Gasteiger partial charge in [-0.2, -0.15) is 4.98 Å².